The van der Waals surface area contributed by atoms with Crippen LogP contribution < -0.4 is 5.32 Å². The van der Waals surface area contributed by atoms with Crippen molar-refractivity contribution in [2.75, 3.05) is 17.8 Å². The highest BCUT2D eigenvalue weighted by Gasteiger charge is 2.30. The van der Waals surface area contributed by atoms with Gasteiger partial charge in [-0.2, -0.15) is 0 Å². The second kappa shape index (κ2) is 14.8. The van der Waals surface area contributed by atoms with Crippen LogP contribution in [0.25, 0.3) is 0 Å². The van der Waals surface area contributed by atoms with Crippen molar-refractivity contribution in [3.63, 3.8) is 0 Å². The molecule has 1 aliphatic carbocycles. The maximum atomic E-state index is 12.7. The summed E-state index contributed by atoms with van der Waals surface area (Å²) in [5.41, 5.74) is 3.54. The van der Waals surface area contributed by atoms with E-state index < -0.39 is 19.7 Å². The third-order valence-corrected chi connectivity index (χ3v) is 12.6. The minimum atomic E-state index is -3.36. The number of aryl methyl sites for hydroxylation is 1. The number of amides is 1. The van der Waals surface area contributed by atoms with E-state index in [1.54, 1.807) is 41.7 Å². The van der Waals surface area contributed by atoms with Crippen LogP contribution in [0.1, 0.15) is 84.5 Å². The molecule has 4 aromatic rings. The summed E-state index contributed by atoms with van der Waals surface area (Å²) in [5, 5.41) is 13.6. The molecule has 47 heavy (non-hydrogen) atoms. The van der Waals surface area contributed by atoms with Crippen molar-refractivity contribution in [1.82, 2.24) is 15.2 Å². The summed E-state index contributed by atoms with van der Waals surface area (Å²) in [6, 6.07) is 13.4. The number of nitrogens with zero attached hydrogens (tertiary/aromatic N) is 4. The molecule has 2 aromatic heterocycles. The van der Waals surface area contributed by atoms with Crippen LogP contribution in [0.5, 0.6) is 0 Å². The second-order valence-corrected chi connectivity index (χ2v) is 18.0. The van der Waals surface area contributed by atoms with Gasteiger partial charge >= 0.3 is 0 Å². The first-order valence-corrected chi connectivity index (χ1v) is 21.0. The van der Waals surface area contributed by atoms with Gasteiger partial charge in [-0.3, -0.25) is 4.79 Å². The van der Waals surface area contributed by atoms with Crippen LogP contribution >= 0.6 is 22.7 Å². The number of hydrogen-bond donors (Lipinski definition) is 1. The fourth-order valence-corrected chi connectivity index (χ4v) is 9.31. The van der Waals surface area contributed by atoms with Crippen molar-refractivity contribution in [1.29, 1.82) is 0 Å². The first kappa shape index (κ1) is 35.0. The Morgan fingerprint density at radius 3 is 2.15 bits per heavy atom. The molecule has 5 rings (SSSR count). The van der Waals surface area contributed by atoms with Gasteiger partial charge in [0.15, 0.2) is 19.7 Å². The maximum Gasteiger partial charge on any atom is 0.230 e. The van der Waals surface area contributed by atoms with Crippen LogP contribution in [-0.2, 0) is 43.7 Å². The van der Waals surface area contributed by atoms with Crippen molar-refractivity contribution in [2.24, 2.45) is 4.99 Å². The van der Waals surface area contributed by atoms with Crippen LogP contribution in [0.2, 0.25) is 0 Å². The molecule has 0 aliphatic heterocycles. The van der Waals surface area contributed by atoms with Crippen LogP contribution in [0.4, 0.5) is 10.3 Å². The van der Waals surface area contributed by atoms with E-state index in [4.69, 9.17) is 9.98 Å². The quantitative estimate of drug-likeness (QED) is 0.159. The number of sulfone groups is 2. The largest absolute Gasteiger partial charge is 0.300 e. The number of benzene rings is 2. The number of thiazole rings is 1. The number of carbonyl (C=O) groups is 1. The lowest BCUT2D eigenvalue weighted by atomic mass is 9.80. The average molecular weight is 714 g/mol. The molecule has 10 nitrogen and oxygen atoms in total. The van der Waals surface area contributed by atoms with Gasteiger partial charge in [-0.1, -0.05) is 67.2 Å². The van der Waals surface area contributed by atoms with Crippen molar-refractivity contribution in [3.8, 4) is 0 Å². The van der Waals surface area contributed by atoms with E-state index >= 15 is 0 Å². The molecule has 14 heteroatoms. The lowest BCUT2D eigenvalue weighted by Gasteiger charge is -2.27. The summed E-state index contributed by atoms with van der Waals surface area (Å²) in [6.07, 6.45) is 8.51. The fourth-order valence-electron chi connectivity index (χ4n) is 5.81. The summed E-state index contributed by atoms with van der Waals surface area (Å²) < 4.78 is 47.8. The number of hydrogen-bond acceptors (Lipinski definition) is 11. The molecule has 2 unspecified atom stereocenters. The van der Waals surface area contributed by atoms with E-state index in [1.165, 1.54) is 34.6 Å². The van der Waals surface area contributed by atoms with Gasteiger partial charge in [0.1, 0.15) is 5.01 Å². The summed E-state index contributed by atoms with van der Waals surface area (Å²) in [7, 11) is -6.64. The number of nitrogens with one attached hydrogen (secondary N) is 1. The van der Waals surface area contributed by atoms with E-state index in [1.807, 2.05) is 6.07 Å². The van der Waals surface area contributed by atoms with Crippen molar-refractivity contribution >= 4 is 64.2 Å². The lowest BCUT2D eigenvalue weighted by molar-refractivity contribution is -0.115. The van der Waals surface area contributed by atoms with Gasteiger partial charge in [-0.25, -0.2) is 26.8 Å². The van der Waals surface area contributed by atoms with E-state index in [9.17, 15) is 21.6 Å². The third-order valence-electron chi connectivity index (χ3n) is 8.22. The minimum Gasteiger partial charge on any atom is -0.300 e. The van der Waals surface area contributed by atoms with Crippen molar-refractivity contribution < 1.29 is 21.6 Å². The first-order valence-electron chi connectivity index (χ1n) is 15.6. The molecule has 0 bridgehead atoms. The van der Waals surface area contributed by atoms with Crippen LogP contribution in [0, 0.1) is 0 Å². The smallest absolute Gasteiger partial charge is 0.230 e. The number of aromatic nitrogens is 3. The summed E-state index contributed by atoms with van der Waals surface area (Å²) >= 11 is 3.04. The fraction of sp³-hybridized carbons (Fsp3) is 0.424. The van der Waals surface area contributed by atoms with Crippen LogP contribution in [-0.4, -0.2) is 56.1 Å². The predicted molar refractivity (Wildman–Crippen MR) is 188 cm³/mol. The molecule has 0 radical (unpaired) electrons. The van der Waals surface area contributed by atoms with Crippen molar-refractivity contribution in [3.05, 3.63) is 75.2 Å². The molecule has 0 spiro atoms. The molecule has 250 valence electrons. The van der Waals surface area contributed by atoms with Gasteiger partial charge in [-0.15, -0.1) is 10.2 Å². The van der Waals surface area contributed by atoms with Crippen molar-refractivity contribution in [2.45, 2.75) is 86.8 Å². The zero-order chi connectivity index (χ0) is 33.8. The molecule has 1 saturated carbocycles. The van der Waals surface area contributed by atoms with E-state index in [-0.39, 0.29) is 23.1 Å². The Kier molecular flexibility index (Phi) is 11.0. The zero-order valence-corrected chi connectivity index (χ0v) is 30.2. The average Bonchev–Trinajstić information content (AvgIpc) is 3.67. The van der Waals surface area contributed by atoms with Crippen LogP contribution in [0.15, 0.2) is 63.3 Å². The molecular formula is C33H39N5O5S4. The van der Waals surface area contributed by atoms with Gasteiger partial charge in [0.2, 0.25) is 16.2 Å². The molecule has 0 saturated heterocycles. The normalized spacial score (nSPS) is 17.5. The molecule has 2 atom stereocenters. The molecule has 1 aliphatic rings. The Bertz CT molecular complexity index is 2000. The molecule has 2 heterocycles. The Hall–Kier alpha value is -3.33. The highest BCUT2D eigenvalue weighted by atomic mass is 32.2. The number of carbonyl (C=O) groups excluding carboxylic acids is 1. The van der Waals surface area contributed by atoms with Gasteiger partial charge in [-0.05, 0) is 73.4 Å². The highest BCUT2D eigenvalue weighted by molar-refractivity contribution is 7.91. The first-order chi connectivity index (χ1) is 22.3. The zero-order valence-electron chi connectivity index (χ0n) is 26.9. The lowest BCUT2D eigenvalue weighted by Crippen LogP contribution is -2.14. The molecular weight excluding hydrogens is 675 g/mol. The molecule has 2 aromatic carbocycles. The predicted octanol–water partition coefficient (Wildman–Crippen LogP) is 6.71. The summed E-state index contributed by atoms with van der Waals surface area (Å²) in [4.78, 5) is 24.3. The third kappa shape index (κ3) is 9.18. The topological polar surface area (TPSA) is 148 Å². The molecule has 1 amide bonds. The highest BCUT2D eigenvalue weighted by Crippen LogP contribution is 2.46. The SMILES string of the molecule is CCC(Cc1cccc(S(C)(=O)=O)c1)=Nc1nc(CC)c(C2CCCC(c3nnc(NC(=O)Cc4cccc(S(C)(=O)=O)c4)s3)C2)s1. The van der Waals surface area contributed by atoms with Gasteiger partial charge in [0.05, 0.1) is 21.9 Å². The Balaban J connectivity index is 1.25. The van der Waals surface area contributed by atoms with Gasteiger partial charge in [0.25, 0.3) is 0 Å². The number of anilines is 1. The van der Waals surface area contributed by atoms with E-state index in [0.717, 1.165) is 71.9 Å². The second-order valence-electron chi connectivity index (χ2n) is 11.9. The van der Waals surface area contributed by atoms with Gasteiger partial charge in [0, 0.05) is 35.4 Å². The van der Waals surface area contributed by atoms with Crippen LogP contribution in [0.3, 0.4) is 0 Å². The summed E-state index contributed by atoms with van der Waals surface area (Å²) in [5.74, 6) is 0.265. The van der Waals surface area contributed by atoms with E-state index in [2.05, 4.69) is 29.4 Å². The molecule has 1 fully saturated rings. The Morgan fingerprint density at radius 1 is 0.894 bits per heavy atom. The maximum absolute atomic E-state index is 12.7. The number of rotatable bonds is 12. The van der Waals surface area contributed by atoms with E-state index in [0.29, 0.717) is 27.9 Å². The van der Waals surface area contributed by atoms with Gasteiger partial charge < -0.3 is 5.32 Å². The minimum absolute atomic E-state index is 0.0343. The Morgan fingerprint density at radius 2 is 1.53 bits per heavy atom. The monoisotopic (exact) mass is 713 g/mol. The molecule has 1 N–H and O–H groups in total. The Labute approximate surface area is 284 Å². The summed E-state index contributed by atoms with van der Waals surface area (Å²) in [6.45, 7) is 4.16. The number of aliphatic imine (C=N–C) groups is 1. The standard InChI is InChI=1S/C33H39N5O5S4/c1-5-25(16-21-10-7-14-26(17-21)46(3,40)41)34-32-35-28(6-2)30(44-32)23-12-9-13-24(20-23)31-37-38-33(45-31)36-29(39)19-22-11-8-15-27(18-22)47(4,42)43/h7-8,10-11,14-15,17-18,23-24H,5-6,9,12-13,16,19-20H2,1-4H3,(H,36,38,39).